The van der Waals surface area contributed by atoms with E-state index in [1.165, 1.54) is 0 Å². The van der Waals surface area contributed by atoms with Crippen LogP contribution in [0.15, 0.2) is 30.3 Å². The van der Waals surface area contributed by atoms with Crippen LogP contribution in [-0.2, 0) is 10.3 Å². The zero-order valence-electron chi connectivity index (χ0n) is 10.9. The molecule has 0 spiro atoms. The van der Waals surface area contributed by atoms with Gasteiger partial charge in [-0.05, 0) is 5.56 Å². The number of nitrogens with zero attached hydrogens (tertiary/aromatic N) is 1. The fourth-order valence-electron chi connectivity index (χ4n) is 2.67. The normalized spacial score (nSPS) is 20.6. The van der Waals surface area contributed by atoms with Crippen molar-refractivity contribution in [1.29, 1.82) is 0 Å². The molecule has 1 aliphatic rings. The van der Waals surface area contributed by atoms with Crippen molar-refractivity contribution in [3.05, 3.63) is 35.9 Å². The molecule has 0 saturated carbocycles. The van der Waals surface area contributed by atoms with Crippen molar-refractivity contribution in [2.75, 3.05) is 46.5 Å². The van der Waals surface area contributed by atoms with Crippen molar-refractivity contribution in [2.45, 2.75) is 5.54 Å². The van der Waals surface area contributed by atoms with Crippen LogP contribution in [0.5, 0.6) is 0 Å². The predicted molar refractivity (Wildman–Crippen MR) is 71.5 cm³/mol. The molecule has 0 aromatic heterocycles. The maximum atomic E-state index is 9.97. The number of ether oxygens (including phenoxy) is 1. The van der Waals surface area contributed by atoms with Gasteiger partial charge in [-0.2, -0.15) is 0 Å². The molecule has 2 rings (SSSR count). The summed E-state index contributed by atoms with van der Waals surface area (Å²) < 4.78 is 5.38. The highest BCUT2D eigenvalue weighted by Gasteiger charge is 2.38. The number of rotatable bonds is 5. The number of aliphatic hydroxyl groups excluding tert-OH is 1. The molecule has 1 unspecified atom stereocenters. The van der Waals surface area contributed by atoms with Crippen molar-refractivity contribution in [2.24, 2.45) is 0 Å². The van der Waals surface area contributed by atoms with Gasteiger partial charge in [0.25, 0.3) is 0 Å². The van der Waals surface area contributed by atoms with Crippen molar-refractivity contribution >= 4 is 0 Å². The number of nitrogens with one attached hydrogen (secondary N) is 1. The van der Waals surface area contributed by atoms with Crippen LogP contribution in [0.3, 0.4) is 0 Å². The molecule has 0 aliphatic carbocycles. The standard InChI is InChI=1S/C14H22N2O2/c1-18-12-14(11-17,13-5-3-2-4-6-13)16-9-7-15-8-10-16/h2-6,15,17H,7-12H2,1H3. The van der Waals surface area contributed by atoms with E-state index in [0.717, 1.165) is 31.7 Å². The Morgan fingerprint density at radius 3 is 2.50 bits per heavy atom. The molecule has 18 heavy (non-hydrogen) atoms. The van der Waals surface area contributed by atoms with Crippen LogP contribution >= 0.6 is 0 Å². The summed E-state index contributed by atoms with van der Waals surface area (Å²) in [5.74, 6) is 0. The average Bonchev–Trinajstić information content (AvgIpc) is 2.47. The molecule has 1 aromatic carbocycles. The fourth-order valence-corrected chi connectivity index (χ4v) is 2.67. The Morgan fingerprint density at radius 2 is 1.94 bits per heavy atom. The number of piperazine rings is 1. The lowest BCUT2D eigenvalue weighted by molar-refractivity contribution is -0.0371. The van der Waals surface area contributed by atoms with Gasteiger partial charge < -0.3 is 15.2 Å². The quantitative estimate of drug-likeness (QED) is 0.795. The number of hydrogen-bond acceptors (Lipinski definition) is 4. The third kappa shape index (κ3) is 2.57. The van der Waals surface area contributed by atoms with Gasteiger partial charge in [-0.3, -0.25) is 4.90 Å². The Bertz CT molecular complexity index is 352. The number of hydrogen-bond donors (Lipinski definition) is 2. The van der Waals surface area contributed by atoms with E-state index in [1.807, 2.05) is 18.2 Å². The van der Waals surface area contributed by atoms with E-state index >= 15 is 0 Å². The third-order valence-electron chi connectivity index (χ3n) is 3.68. The van der Waals surface area contributed by atoms with E-state index in [0.29, 0.717) is 6.61 Å². The van der Waals surface area contributed by atoms with Crippen LogP contribution in [0.4, 0.5) is 0 Å². The highest BCUT2D eigenvalue weighted by Crippen LogP contribution is 2.29. The van der Waals surface area contributed by atoms with Gasteiger partial charge in [0.2, 0.25) is 0 Å². The van der Waals surface area contributed by atoms with Crippen LogP contribution in [0.2, 0.25) is 0 Å². The van der Waals surface area contributed by atoms with Crippen molar-refractivity contribution in [3.8, 4) is 0 Å². The first-order valence-corrected chi connectivity index (χ1v) is 6.44. The highest BCUT2D eigenvalue weighted by molar-refractivity contribution is 5.25. The molecule has 0 amide bonds. The lowest BCUT2D eigenvalue weighted by atomic mass is 9.89. The highest BCUT2D eigenvalue weighted by atomic mass is 16.5. The summed E-state index contributed by atoms with van der Waals surface area (Å²) in [7, 11) is 1.69. The van der Waals surface area contributed by atoms with Crippen LogP contribution < -0.4 is 5.32 Å². The summed E-state index contributed by atoms with van der Waals surface area (Å²) >= 11 is 0. The van der Waals surface area contributed by atoms with Gasteiger partial charge in [-0.1, -0.05) is 30.3 Å². The summed E-state index contributed by atoms with van der Waals surface area (Å²) in [6, 6.07) is 10.2. The first-order valence-electron chi connectivity index (χ1n) is 6.44. The van der Waals surface area contributed by atoms with E-state index < -0.39 is 5.54 Å². The maximum Gasteiger partial charge on any atom is 0.0931 e. The molecule has 4 nitrogen and oxygen atoms in total. The summed E-state index contributed by atoms with van der Waals surface area (Å²) in [5, 5.41) is 13.3. The molecule has 0 radical (unpaired) electrons. The van der Waals surface area contributed by atoms with E-state index in [4.69, 9.17) is 4.74 Å². The minimum Gasteiger partial charge on any atom is -0.394 e. The molecular weight excluding hydrogens is 228 g/mol. The molecule has 1 atom stereocenters. The minimum atomic E-state index is -0.419. The van der Waals surface area contributed by atoms with Crippen molar-refractivity contribution < 1.29 is 9.84 Å². The van der Waals surface area contributed by atoms with Crippen molar-refractivity contribution in [1.82, 2.24) is 10.2 Å². The lowest BCUT2D eigenvalue weighted by Crippen LogP contribution is -2.58. The van der Waals surface area contributed by atoms with E-state index in [-0.39, 0.29) is 6.61 Å². The van der Waals surface area contributed by atoms with Gasteiger partial charge in [-0.25, -0.2) is 0 Å². The first kappa shape index (κ1) is 13.5. The number of aliphatic hydroxyl groups is 1. The molecule has 0 bridgehead atoms. The molecule has 1 saturated heterocycles. The number of methoxy groups -OCH3 is 1. The average molecular weight is 250 g/mol. The smallest absolute Gasteiger partial charge is 0.0931 e. The topological polar surface area (TPSA) is 44.7 Å². The van der Waals surface area contributed by atoms with Gasteiger partial charge in [-0.15, -0.1) is 0 Å². The molecular formula is C14H22N2O2. The van der Waals surface area contributed by atoms with E-state index in [1.54, 1.807) is 7.11 Å². The fraction of sp³-hybridized carbons (Fsp3) is 0.571. The second-order valence-corrected chi connectivity index (χ2v) is 4.73. The van der Waals surface area contributed by atoms with Crippen LogP contribution in [-0.4, -0.2) is 56.5 Å². The largest absolute Gasteiger partial charge is 0.394 e. The lowest BCUT2D eigenvalue weighted by Gasteiger charge is -2.44. The zero-order chi connectivity index (χ0) is 12.8. The molecule has 1 fully saturated rings. The Morgan fingerprint density at radius 1 is 1.28 bits per heavy atom. The Kier molecular flexibility index (Phi) is 4.72. The summed E-state index contributed by atoms with van der Waals surface area (Å²) in [6.07, 6.45) is 0. The van der Waals surface area contributed by atoms with Crippen LogP contribution in [0.1, 0.15) is 5.56 Å². The van der Waals surface area contributed by atoms with Crippen LogP contribution in [0.25, 0.3) is 0 Å². The Labute approximate surface area is 109 Å². The summed E-state index contributed by atoms with van der Waals surface area (Å²) in [4.78, 5) is 2.32. The van der Waals surface area contributed by atoms with Gasteiger partial charge in [0.05, 0.1) is 18.8 Å². The molecule has 1 aromatic rings. The zero-order valence-corrected chi connectivity index (χ0v) is 10.9. The van der Waals surface area contributed by atoms with Gasteiger partial charge in [0.1, 0.15) is 0 Å². The van der Waals surface area contributed by atoms with E-state index in [2.05, 4.69) is 22.3 Å². The molecule has 2 N–H and O–H groups in total. The predicted octanol–water partition coefficient (Wildman–Crippen LogP) is 0.426. The third-order valence-corrected chi connectivity index (χ3v) is 3.68. The first-order chi connectivity index (χ1) is 8.83. The maximum absolute atomic E-state index is 9.97. The molecule has 1 aliphatic heterocycles. The number of benzene rings is 1. The van der Waals surface area contributed by atoms with E-state index in [9.17, 15) is 5.11 Å². The summed E-state index contributed by atoms with van der Waals surface area (Å²) in [5.41, 5.74) is 0.703. The monoisotopic (exact) mass is 250 g/mol. The minimum absolute atomic E-state index is 0.0743. The summed E-state index contributed by atoms with van der Waals surface area (Å²) in [6.45, 7) is 4.35. The molecule has 100 valence electrons. The second-order valence-electron chi connectivity index (χ2n) is 4.73. The molecule has 4 heteroatoms. The van der Waals surface area contributed by atoms with Gasteiger partial charge >= 0.3 is 0 Å². The Balaban J connectivity index is 2.32. The molecule has 1 heterocycles. The van der Waals surface area contributed by atoms with Gasteiger partial charge in [0.15, 0.2) is 0 Å². The van der Waals surface area contributed by atoms with Crippen molar-refractivity contribution in [3.63, 3.8) is 0 Å². The SMILES string of the molecule is COCC(CO)(c1ccccc1)N1CCNCC1. The Hall–Kier alpha value is -0.940. The second kappa shape index (κ2) is 6.29. The van der Waals surface area contributed by atoms with Crippen LogP contribution in [0, 0.1) is 0 Å². The van der Waals surface area contributed by atoms with Gasteiger partial charge in [0, 0.05) is 33.3 Å².